The van der Waals surface area contributed by atoms with E-state index in [2.05, 4.69) is 19.2 Å². The van der Waals surface area contributed by atoms with Gasteiger partial charge in [0.2, 0.25) is 10.0 Å². The molecule has 0 aromatic carbocycles. The van der Waals surface area contributed by atoms with E-state index in [0.29, 0.717) is 24.9 Å². The molecule has 0 aromatic heterocycles. The average molecular weight is 297 g/mol. The molecule has 108 valence electrons. The molecule has 1 atom stereocenters. The van der Waals surface area contributed by atoms with E-state index in [1.807, 2.05) is 0 Å². The first-order valence-corrected chi connectivity index (χ1v) is 8.85. The summed E-state index contributed by atoms with van der Waals surface area (Å²) in [5.74, 6) is 1.04. The highest BCUT2D eigenvalue weighted by Gasteiger charge is 2.26. The maximum atomic E-state index is 11.5. The number of hydrogen-bond donors (Lipinski definition) is 1. The Balaban J connectivity index is 2.35. The number of nitrogens with one attached hydrogen (secondary N) is 1. The molecule has 0 radical (unpaired) electrons. The summed E-state index contributed by atoms with van der Waals surface area (Å²) in [4.78, 5) is 0. The van der Waals surface area contributed by atoms with Gasteiger partial charge in [-0.1, -0.05) is 13.8 Å². The van der Waals surface area contributed by atoms with Crippen molar-refractivity contribution in [1.82, 2.24) is 9.62 Å². The lowest BCUT2D eigenvalue weighted by Crippen LogP contribution is -2.43. The fourth-order valence-corrected chi connectivity index (χ4v) is 3.19. The molecule has 0 saturated carbocycles. The van der Waals surface area contributed by atoms with Gasteiger partial charge in [0.05, 0.1) is 6.26 Å². The van der Waals surface area contributed by atoms with Crippen molar-refractivity contribution in [3.63, 3.8) is 0 Å². The molecule has 18 heavy (non-hydrogen) atoms. The topological polar surface area (TPSA) is 49.4 Å². The van der Waals surface area contributed by atoms with Crippen LogP contribution >= 0.6 is 11.6 Å². The van der Waals surface area contributed by atoms with Crippen LogP contribution in [-0.4, -0.2) is 51.0 Å². The Kier molecular flexibility index (Phi) is 5.90. The van der Waals surface area contributed by atoms with Crippen LogP contribution in [0.3, 0.4) is 0 Å². The SMILES string of the molecule is CC(C)(CCl)CNCC1CCCN(S(C)(=O)=O)C1. The van der Waals surface area contributed by atoms with Crippen molar-refractivity contribution in [2.24, 2.45) is 11.3 Å². The molecule has 0 spiro atoms. The molecule has 6 heteroatoms. The summed E-state index contributed by atoms with van der Waals surface area (Å²) >= 11 is 5.87. The molecule has 1 aliphatic heterocycles. The minimum Gasteiger partial charge on any atom is -0.316 e. The fourth-order valence-electron chi connectivity index (χ4n) is 2.16. The van der Waals surface area contributed by atoms with Crippen LogP contribution in [0.1, 0.15) is 26.7 Å². The molecule has 1 rings (SSSR count). The summed E-state index contributed by atoms with van der Waals surface area (Å²) in [5, 5.41) is 3.41. The van der Waals surface area contributed by atoms with Crippen LogP contribution in [0.15, 0.2) is 0 Å². The minimum absolute atomic E-state index is 0.0900. The first-order valence-electron chi connectivity index (χ1n) is 6.46. The first kappa shape index (κ1) is 16.2. The quantitative estimate of drug-likeness (QED) is 0.756. The molecule has 0 amide bonds. The lowest BCUT2D eigenvalue weighted by Gasteiger charge is -2.32. The second-order valence-electron chi connectivity index (χ2n) is 6.06. The number of hydrogen-bond acceptors (Lipinski definition) is 3. The van der Waals surface area contributed by atoms with E-state index < -0.39 is 10.0 Å². The molecular weight excluding hydrogens is 272 g/mol. The predicted octanol–water partition coefficient (Wildman–Crippen LogP) is 1.51. The third-order valence-electron chi connectivity index (χ3n) is 3.35. The number of nitrogens with zero attached hydrogens (tertiary/aromatic N) is 1. The predicted molar refractivity (Wildman–Crippen MR) is 76.5 cm³/mol. The van der Waals surface area contributed by atoms with Gasteiger partial charge in [-0.2, -0.15) is 0 Å². The van der Waals surface area contributed by atoms with Crippen LogP contribution < -0.4 is 5.32 Å². The normalized spacial score (nSPS) is 23.2. The number of piperidine rings is 1. The van der Waals surface area contributed by atoms with E-state index in [1.165, 1.54) is 6.26 Å². The molecule has 0 bridgehead atoms. The van der Waals surface area contributed by atoms with E-state index >= 15 is 0 Å². The molecule has 1 aliphatic rings. The van der Waals surface area contributed by atoms with Gasteiger partial charge in [0.1, 0.15) is 0 Å². The van der Waals surface area contributed by atoms with Crippen LogP contribution in [0.4, 0.5) is 0 Å². The molecule has 1 heterocycles. The zero-order chi connectivity index (χ0) is 13.8. The summed E-state index contributed by atoms with van der Waals surface area (Å²) < 4.78 is 24.6. The third-order valence-corrected chi connectivity index (χ3v) is 5.34. The summed E-state index contributed by atoms with van der Waals surface area (Å²) in [6.45, 7) is 7.29. The molecule has 1 fully saturated rings. The molecule has 4 nitrogen and oxygen atoms in total. The Morgan fingerprint density at radius 1 is 1.44 bits per heavy atom. The van der Waals surface area contributed by atoms with Crippen molar-refractivity contribution >= 4 is 21.6 Å². The van der Waals surface area contributed by atoms with Gasteiger partial charge in [-0.25, -0.2) is 12.7 Å². The largest absolute Gasteiger partial charge is 0.316 e. The highest BCUT2D eigenvalue weighted by molar-refractivity contribution is 7.88. The van der Waals surface area contributed by atoms with E-state index in [4.69, 9.17) is 11.6 Å². The highest BCUT2D eigenvalue weighted by Crippen LogP contribution is 2.19. The monoisotopic (exact) mass is 296 g/mol. The van der Waals surface area contributed by atoms with Crippen molar-refractivity contribution < 1.29 is 8.42 Å². The van der Waals surface area contributed by atoms with Gasteiger partial charge >= 0.3 is 0 Å². The summed E-state index contributed by atoms with van der Waals surface area (Å²) in [6.07, 6.45) is 3.35. The highest BCUT2D eigenvalue weighted by atomic mass is 35.5. The maximum absolute atomic E-state index is 11.5. The van der Waals surface area contributed by atoms with Gasteiger partial charge in [0.25, 0.3) is 0 Å². The number of halogens is 1. The number of rotatable bonds is 6. The molecule has 1 N–H and O–H groups in total. The molecule has 1 unspecified atom stereocenters. The van der Waals surface area contributed by atoms with Crippen LogP contribution in [0, 0.1) is 11.3 Å². The van der Waals surface area contributed by atoms with Crippen LogP contribution in [0.25, 0.3) is 0 Å². The first-order chi connectivity index (χ1) is 8.24. The Bertz CT molecular complexity index is 357. The summed E-state index contributed by atoms with van der Waals surface area (Å²) in [6, 6.07) is 0. The molecule has 0 aliphatic carbocycles. The van der Waals surface area contributed by atoms with Gasteiger partial charge in [-0.3, -0.25) is 0 Å². The zero-order valence-electron chi connectivity index (χ0n) is 11.6. The maximum Gasteiger partial charge on any atom is 0.211 e. The van der Waals surface area contributed by atoms with Crippen molar-refractivity contribution in [1.29, 1.82) is 0 Å². The van der Waals surface area contributed by atoms with E-state index in [9.17, 15) is 8.42 Å². The lowest BCUT2D eigenvalue weighted by molar-refractivity contribution is 0.253. The van der Waals surface area contributed by atoms with Crippen LogP contribution in [0.2, 0.25) is 0 Å². The smallest absolute Gasteiger partial charge is 0.211 e. The standard InChI is InChI=1S/C12H25ClN2O2S/c1-12(2,9-13)10-14-7-11-5-4-6-15(8-11)18(3,16)17/h11,14H,4-10H2,1-3H3. The minimum atomic E-state index is -3.03. The van der Waals surface area contributed by atoms with Crippen LogP contribution in [0.5, 0.6) is 0 Å². The molecule has 0 aromatic rings. The molecule has 1 saturated heterocycles. The van der Waals surface area contributed by atoms with Gasteiger partial charge in [-0.05, 0) is 30.7 Å². The van der Waals surface area contributed by atoms with Crippen molar-refractivity contribution in [2.75, 3.05) is 38.3 Å². The molecular formula is C12H25ClN2O2S. The average Bonchev–Trinajstić information content (AvgIpc) is 2.28. The fraction of sp³-hybridized carbons (Fsp3) is 1.00. The van der Waals surface area contributed by atoms with E-state index in [-0.39, 0.29) is 5.41 Å². The Hall–Kier alpha value is 0.160. The summed E-state index contributed by atoms with van der Waals surface area (Å²) in [5.41, 5.74) is 0.0900. The van der Waals surface area contributed by atoms with Crippen LogP contribution in [-0.2, 0) is 10.0 Å². The van der Waals surface area contributed by atoms with Crippen molar-refractivity contribution in [3.05, 3.63) is 0 Å². The van der Waals surface area contributed by atoms with Gasteiger partial charge in [-0.15, -0.1) is 11.6 Å². The van der Waals surface area contributed by atoms with Gasteiger partial charge < -0.3 is 5.32 Å². The van der Waals surface area contributed by atoms with E-state index in [1.54, 1.807) is 4.31 Å². The van der Waals surface area contributed by atoms with Crippen molar-refractivity contribution in [3.8, 4) is 0 Å². The third kappa shape index (κ3) is 5.43. The van der Waals surface area contributed by atoms with Gasteiger partial charge in [0.15, 0.2) is 0 Å². The Labute approximate surface area is 116 Å². The zero-order valence-corrected chi connectivity index (χ0v) is 13.1. The number of sulfonamides is 1. The Morgan fingerprint density at radius 3 is 2.67 bits per heavy atom. The summed E-state index contributed by atoms with van der Waals surface area (Å²) in [7, 11) is -3.03. The second kappa shape index (κ2) is 6.55. The van der Waals surface area contributed by atoms with E-state index in [0.717, 1.165) is 25.9 Å². The number of alkyl halides is 1. The lowest BCUT2D eigenvalue weighted by atomic mass is 9.95. The Morgan fingerprint density at radius 2 is 2.11 bits per heavy atom. The van der Waals surface area contributed by atoms with Gasteiger partial charge in [0, 0.05) is 25.5 Å². The second-order valence-corrected chi connectivity index (χ2v) is 8.31. The van der Waals surface area contributed by atoms with Crippen molar-refractivity contribution in [2.45, 2.75) is 26.7 Å².